The van der Waals surface area contributed by atoms with Crippen molar-refractivity contribution in [1.29, 1.82) is 0 Å². The van der Waals surface area contributed by atoms with E-state index in [1.54, 1.807) is 15.9 Å². The van der Waals surface area contributed by atoms with E-state index in [0.29, 0.717) is 56.6 Å². The van der Waals surface area contributed by atoms with Gasteiger partial charge in [-0.1, -0.05) is 25.1 Å². The van der Waals surface area contributed by atoms with E-state index in [9.17, 15) is 18.0 Å². The summed E-state index contributed by atoms with van der Waals surface area (Å²) in [5.74, 6) is 1.02. The van der Waals surface area contributed by atoms with Gasteiger partial charge in [0.25, 0.3) is 0 Å². The van der Waals surface area contributed by atoms with E-state index in [4.69, 9.17) is 21.3 Å². The van der Waals surface area contributed by atoms with Gasteiger partial charge in [0.05, 0.1) is 24.4 Å². The van der Waals surface area contributed by atoms with Crippen LogP contribution in [0.3, 0.4) is 0 Å². The summed E-state index contributed by atoms with van der Waals surface area (Å²) in [6, 6.07) is 5.56. The molecule has 1 saturated carbocycles. The zero-order valence-electron chi connectivity index (χ0n) is 25.7. The number of amides is 1. The SMILES string of the molecule is [C-]#[N+]C[C@H]1CN(c2nc(OCC3(C4CCN(C)C4)CCC3)nc3c2CCN(c2ccccc2C(F)(F)F)C3)CCN1C(=O)C=C. The molecule has 2 saturated heterocycles. The number of hydrogen-bond donors (Lipinski definition) is 0. The summed E-state index contributed by atoms with van der Waals surface area (Å²) in [7, 11) is 2.15. The number of carbonyl (C=O) groups is 1. The number of nitrogens with zero attached hydrogens (tertiary/aromatic N) is 7. The summed E-state index contributed by atoms with van der Waals surface area (Å²) in [4.78, 5) is 33.8. The van der Waals surface area contributed by atoms with Gasteiger partial charge in [0, 0.05) is 49.4 Å². The highest BCUT2D eigenvalue weighted by Crippen LogP contribution is 2.50. The zero-order chi connectivity index (χ0) is 31.8. The first-order valence-corrected chi connectivity index (χ1v) is 15.8. The van der Waals surface area contributed by atoms with E-state index in [1.807, 2.05) is 0 Å². The zero-order valence-corrected chi connectivity index (χ0v) is 25.7. The molecule has 2 atom stereocenters. The number of likely N-dealkylation sites (tertiary alicyclic amines) is 1. The monoisotopic (exact) mass is 623 g/mol. The minimum atomic E-state index is -4.48. The number of rotatable bonds is 8. The number of aromatic nitrogens is 2. The molecular weight excluding hydrogens is 583 g/mol. The molecule has 1 aromatic heterocycles. The van der Waals surface area contributed by atoms with Crippen LogP contribution in [0.15, 0.2) is 36.9 Å². The Bertz CT molecular complexity index is 1470. The third kappa shape index (κ3) is 6.19. The Kier molecular flexibility index (Phi) is 8.66. The molecule has 12 heteroatoms. The molecule has 6 rings (SSSR count). The predicted molar refractivity (Wildman–Crippen MR) is 165 cm³/mol. The quantitative estimate of drug-likeness (QED) is 0.313. The van der Waals surface area contributed by atoms with Gasteiger partial charge in [-0.25, -0.2) is 6.57 Å². The fourth-order valence-electron chi connectivity index (χ4n) is 7.57. The molecule has 0 N–H and O–H groups in total. The van der Waals surface area contributed by atoms with E-state index in [-0.39, 0.29) is 42.2 Å². The van der Waals surface area contributed by atoms with Crippen LogP contribution in [0.2, 0.25) is 0 Å². The van der Waals surface area contributed by atoms with Crippen molar-refractivity contribution in [3.05, 3.63) is 65.2 Å². The van der Waals surface area contributed by atoms with Gasteiger partial charge in [0.15, 0.2) is 0 Å². The molecule has 1 aromatic carbocycles. The van der Waals surface area contributed by atoms with Crippen LogP contribution in [0.1, 0.15) is 42.5 Å². The van der Waals surface area contributed by atoms with Crippen molar-refractivity contribution in [2.24, 2.45) is 11.3 Å². The normalized spacial score (nSPS) is 23.2. The highest BCUT2D eigenvalue weighted by Gasteiger charge is 2.47. The molecule has 9 nitrogen and oxygen atoms in total. The van der Waals surface area contributed by atoms with Gasteiger partial charge in [-0.05, 0) is 63.4 Å². The van der Waals surface area contributed by atoms with Crippen LogP contribution in [-0.4, -0.2) is 91.2 Å². The van der Waals surface area contributed by atoms with Crippen LogP contribution >= 0.6 is 0 Å². The Labute approximate surface area is 262 Å². The summed E-state index contributed by atoms with van der Waals surface area (Å²) in [6.45, 7) is 15.7. The lowest BCUT2D eigenvalue weighted by Crippen LogP contribution is -2.56. The summed E-state index contributed by atoms with van der Waals surface area (Å²) in [5.41, 5.74) is 1.07. The Hall–Kier alpha value is -3.85. The molecule has 3 aliphatic heterocycles. The first kappa shape index (κ1) is 31.1. The maximum atomic E-state index is 14.0. The standard InChI is InChI=1S/C33H40F3N7O2/c1-4-29(44)43-17-16-42(20-24(43)18-37-2)30-25-11-15-41(28-9-6-5-8-26(28)33(34,35)36)21-27(25)38-31(39-30)45-22-32(12-7-13-32)23-10-14-40(3)19-23/h4-6,8-9,23-24H,1,7,10-22H2,3H3/t23?,24-/m0/s1. The van der Waals surface area contributed by atoms with Crippen LogP contribution in [0.4, 0.5) is 24.7 Å². The minimum absolute atomic E-state index is 0.0826. The smallest absolute Gasteiger partial charge is 0.418 e. The highest BCUT2D eigenvalue weighted by atomic mass is 19.4. The van der Waals surface area contributed by atoms with Gasteiger partial charge < -0.3 is 29.2 Å². The van der Waals surface area contributed by atoms with Gasteiger partial charge in [-0.3, -0.25) is 4.79 Å². The topological polar surface area (TPSA) is 69.4 Å². The number of ether oxygens (including phenoxy) is 1. The lowest BCUT2D eigenvalue weighted by atomic mass is 9.61. The van der Waals surface area contributed by atoms with E-state index in [2.05, 4.69) is 28.3 Å². The maximum Gasteiger partial charge on any atom is 0.418 e. The number of fused-ring (bicyclic) bond motifs is 1. The lowest BCUT2D eigenvalue weighted by molar-refractivity contribution is -0.137. The molecule has 45 heavy (non-hydrogen) atoms. The van der Waals surface area contributed by atoms with Crippen molar-refractivity contribution in [3.8, 4) is 6.01 Å². The van der Waals surface area contributed by atoms with Crippen LogP contribution in [0.5, 0.6) is 6.01 Å². The predicted octanol–water partition coefficient (Wildman–Crippen LogP) is 4.68. The molecule has 240 valence electrons. The number of anilines is 2. The Morgan fingerprint density at radius 1 is 1.16 bits per heavy atom. The number of alkyl halides is 3. The summed E-state index contributed by atoms with van der Waals surface area (Å²) in [6.07, 6.45) is 1.76. The summed E-state index contributed by atoms with van der Waals surface area (Å²) < 4.78 is 48.3. The highest BCUT2D eigenvalue weighted by molar-refractivity contribution is 5.87. The second kappa shape index (κ2) is 12.5. The van der Waals surface area contributed by atoms with Crippen LogP contribution in [0, 0.1) is 17.9 Å². The molecule has 4 aliphatic rings. The molecule has 0 spiro atoms. The summed E-state index contributed by atoms with van der Waals surface area (Å²) in [5, 5.41) is 0. The molecule has 2 aromatic rings. The number of para-hydroxylation sites is 1. The van der Waals surface area contributed by atoms with Crippen molar-refractivity contribution < 1.29 is 22.7 Å². The van der Waals surface area contributed by atoms with Crippen LogP contribution in [0.25, 0.3) is 4.85 Å². The van der Waals surface area contributed by atoms with Gasteiger partial charge in [0.1, 0.15) is 11.9 Å². The second-order valence-corrected chi connectivity index (χ2v) is 12.9. The van der Waals surface area contributed by atoms with Crippen LogP contribution in [-0.2, 0) is 23.9 Å². The third-order valence-electron chi connectivity index (χ3n) is 10.2. The average Bonchev–Trinajstić information content (AvgIpc) is 3.45. The van der Waals surface area contributed by atoms with Crippen molar-refractivity contribution in [2.45, 2.75) is 50.9 Å². The van der Waals surface area contributed by atoms with E-state index in [0.717, 1.165) is 44.0 Å². The molecule has 1 amide bonds. The number of benzene rings is 1. The van der Waals surface area contributed by atoms with Crippen LogP contribution < -0.4 is 14.5 Å². The largest absolute Gasteiger partial charge is 0.463 e. The fourth-order valence-corrected chi connectivity index (χ4v) is 7.57. The van der Waals surface area contributed by atoms with Crippen molar-refractivity contribution in [2.75, 3.05) is 69.3 Å². The fraction of sp³-hybridized carbons (Fsp3) is 0.576. The molecule has 0 radical (unpaired) electrons. The Balaban J connectivity index is 1.32. The molecule has 4 heterocycles. The average molecular weight is 624 g/mol. The molecule has 3 fully saturated rings. The number of carbonyl (C=O) groups excluding carboxylic acids is 1. The van der Waals surface area contributed by atoms with Gasteiger partial charge >= 0.3 is 12.2 Å². The van der Waals surface area contributed by atoms with Gasteiger partial charge in [-0.2, -0.15) is 23.1 Å². The Morgan fingerprint density at radius 3 is 2.62 bits per heavy atom. The van der Waals surface area contributed by atoms with Gasteiger partial charge in [0.2, 0.25) is 12.5 Å². The Morgan fingerprint density at radius 2 is 1.96 bits per heavy atom. The van der Waals surface area contributed by atoms with E-state index in [1.165, 1.54) is 24.6 Å². The first-order chi connectivity index (χ1) is 21.6. The van der Waals surface area contributed by atoms with Gasteiger partial charge in [-0.15, -0.1) is 0 Å². The molecule has 0 bridgehead atoms. The second-order valence-electron chi connectivity index (χ2n) is 12.9. The van der Waals surface area contributed by atoms with E-state index < -0.39 is 11.7 Å². The lowest BCUT2D eigenvalue weighted by Gasteiger charge is -2.46. The van der Waals surface area contributed by atoms with E-state index >= 15 is 0 Å². The van der Waals surface area contributed by atoms with Crippen molar-refractivity contribution in [3.63, 3.8) is 0 Å². The third-order valence-corrected chi connectivity index (χ3v) is 10.2. The van der Waals surface area contributed by atoms with Crippen molar-refractivity contribution >= 4 is 17.4 Å². The molecule has 1 unspecified atom stereocenters. The maximum absolute atomic E-state index is 14.0. The summed E-state index contributed by atoms with van der Waals surface area (Å²) >= 11 is 0. The minimum Gasteiger partial charge on any atom is -0.463 e. The van der Waals surface area contributed by atoms with Crippen molar-refractivity contribution in [1.82, 2.24) is 19.8 Å². The molecule has 1 aliphatic carbocycles. The number of halogens is 3. The number of hydrogen-bond acceptors (Lipinski definition) is 7. The first-order valence-electron chi connectivity index (χ1n) is 15.8. The molecular formula is C33H40F3N7O2. The number of piperazine rings is 1.